The monoisotopic (exact) mass is 246 g/mol. The van der Waals surface area contributed by atoms with Gasteiger partial charge in [-0.15, -0.1) is 0 Å². The molecule has 1 rings (SSSR count). The minimum atomic E-state index is -0.903. The zero-order valence-electron chi connectivity index (χ0n) is 9.16. The van der Waals surface area contributed by atoms with Crippen LogP contribution in [-0.2, 0) is 6.42 Å². The van der Waals surface area contributed by atoms with Gasteiger partial charge in [0.15, 0.2) is 0 Å². The standard InChI is InChI=1S/C12H16ClFO2/c1-2-4-10(15)11(16)7-8-5-3-6-9(14)12(8)13/h3,5-6,10-11,15-16H,2,4,7H2,1H3. The first kappa shape index (κ1) is 13.4. The van der Waals surface area contributed by atoms with E-state index in [0.29, 0.717) is 12.0 Å². The van der Waals surface area contributed by atoms with Gasteiger partial charge in [0, 0.05) is 6.42 Å². The highest BCUT2D eigenvalue weighted by Crippen LogP contribution is 2.22. The summed E-state index contributed by atoms with van der Waals surface area (Å²) < 4.78 is 13.1. The zero-order chi connectivity index (χ0) is 12.1. The Morgan fingerprint density at radius 3 is 2.62 bits per heavy atom. The lowest BCUT2D eigenvalue weighted by Crippen LogP contribution is -2.27. The van der Waals surface area contributed by atoms with Crippen LogP contribution in [0.25, 0.3) is 0 Å². The minimum Gasteiger partial charge on any atom is -0.390 e. The van der Waals surface area contributed by atoms with E-state index < -0.39 is 18.0 Å². The molecule has 0 aliphatic rings. The summed E-state index contributed by atoms with van der Waals surface area (Å²) in [6.07, 6.45) is -0.218. The van der Waals surface area contributed by atoms with E-state index in [1.165, 1.54) is 12.1 Å². The van der Waals surface area contributed by atoms with Crippen molar-refractivity contribution in [2.75, 3.05) is 0 Å². The molecular formula is C12H16ClFO2. The van der Waals surface area contributed by atoms with Crippen LogP contribution in [0.1, 0.15) is 25.3 Å². The van der Waals surface area contributed by atoms with Gasteiger partial charge in [-0.3, -0.25) is 0 Å². The van der Waals surface area contributed by atoms with Crippen LogP contribution in [0.2, 0.25) is 5.02 Å². The van der Waals surface area contributed by atoms with Crippen molar-refractivity contribution in [2.45, 2.75) is 38.4 Å². The van der Waals surface area contributed by atoms with Gasteiger partial charge in [0.25, 0.3) is 0 Å². The lowest BCUT2D eigenvalue weighted by molar-refractivity contribution is 0.0148. The Labute approximate surface area is 99.7 Å². The molecule has 2 atom stereocenters. The van der Waals surface area contributed by atoms with E-state index in [9.17, 15) is 14.6 Å². The van der Waals surface area contributed by atoms with Crippen molar-refractivity contribution in [2.24, 2.45) is 0 Å². The highest BCUT2D eigenvalue weighted by Gasteiger charge is 2.17. The lowest BCUT2D eigenvalue weighted by Gasteiger charge is -2.17. The topological polar surface area (TPSA) is 40.5 Å². The first-order chi connectivity index (χ1) is 7.56. The predicted octanol–water partition coefficient (Wildman–Crippen LogP) is 2.54. The quantitative estimate of drug-likeness (QED) is 0.838. The number of benzene rings is 1. The molecule has 0 saturated carbocycles. The largest absolute Gasteiger partial charge is 0.390 e. The van der Waals surface area contributed by atoms with Crippen LogP contribution in [0, 0.1) is 5.82 Å². The number of halogens is 2. The first-order valence-corrected chi connectivity index (χ1v) is 5.73. The second kappa shape index (κ2) is 6.18. The fraction of sp³-hybridized carbons (Fsp3) is 0.500. The van der Waals surface area contributed by atoms with E-state index in [4.69, 9.17) is 11.6 Å². The zero-order valence-corrected chi connectivity index (χ0v) is 9.91. The molecule has 4 heteroatoms. The molecule has 2 nitrogen and oxygen atoms in total. The molecule has 0 spiro atoms. The molecular weight excluding hydrogens is 231 g/mol. The van der Waals surface area contributed by atoms with Crippen LogP contribution in [0.4, 0.5) is 4.39 Å². The Morgan fingerprint density at radius 2 is 2.00 bits per heavy atom. The van der Waals surface area contributed by atoms with Gasteiger partial charge in [-0.25, -0.2) is 4.39 Å². The third kappa shape index (κ3) is 3.44. The molecule has 0 fully saturated rings. The van der Waals surface area contributed by atoms with E-state index in [-0.39, 0.29) is 11.4 Å². The Kier molecular flexibility index (Phi) is 5.19. The number of hydrogen-bond donors (Lipinski definition) is 2. The SMILES string of the molecule is CCCC(O)C(O)Cc1cccc(F)c1Cl. The second-order valence-electron chi connectivity index (χ2n) is 3.84. The van der Waals surface area contributed by atoms with Gasteiger partial charge in [-0.1, -0.05) is 37.1 Å². The van der Waals surface area contributed by atoms with Gasteiger partial charge in [0.05, 0.1) is 17.2 Å². The number of aliphatic hydroxyl groups excluding tert-OH is 2. The van der Waals surface area contributed by atoms with Crippen molar-refractivity contribution >= 4 is 11.6 Å². The Bertz CT molecular complexity index is 344. The Hall–Kier alpha value is -0.640. The highest BCUT2D eigenvalue weighted by molar-refractivity contribution is 6.31. The minimum absolute atomic E-state index is 0.0187. The van der Waals surface area contributed by atoms with E-state index in [1.807, 2.05) is 6.92 Å². The van der Waals surface area contributed by atoms with Gasteiger partial charge in [-0.2, -0.15) is 0 Å². The summed E-state index contributed by atoms with van der Waals surface area (Å²) in [5, 5.41) is 19.3. The number of hydrogen-bond acceptors (Lipinski definition) is 2. The molecule has 0 amide bonds. The maximum atomic E-state index is 13.1. The molecule has 2 N–H and O–H groups in total. The van der Waals surface area contributed by atoms with Crippen LogP contribution in [0.15, 0.2) is 18.2 Å². The maximum Gasteiger partial charge on any atom is 0.142 e. The van der Waals surface area contributed by atoms with Gasteiger partial charge < -0.3 is 10.2 Å². The van der Waals surface area contributed by atoms with Crippen LogP contribution in [0.3, 0.4) is 0 Å². The van der Waals surface area contributed by atoms with E-state index in [1.54, 1.807) is 6.07 Å². The Balaban J connectivity index is 2.69. The molecule has 0 bridgehead atoms. The average Bonchev–Trinajstić information content (AvgIpc) is 2.25. The molecule has 0 aromatic heterocycles. The van der Waals surface area contributed by atoms with Crippen LogP contribution < -0.4 is 0 Å². The maximum absolute atomic E-state index is 13.1. The highest BCUT2D eigenvalue weighted by atomic mass is 35.5. The molecule has 1 aromatic carbocycles. The number of aliphatic hydroxyl groups is 2. The fourth-order valence-corrected chi connectivity index (χ4v) is 1.76. The molecule has 0 saturated heterocycles. The van der Waals surface area contributed by atoms with Crippen LogP contribution in [-0.4, -0.2) is 22.4 Å². The molecule has 0 radical (unpaired) electrons. The average molecular weight is 247 g/mol. The summed E-state index contributed by atoms with van der Waals surface area (Å²) in [5.41, 5.74) is 0.518. The molecule has 0 heterocycles. The summed E-state index contributed by atoms with van der Waals surface area (Å²) in [6, 6.07) is 4.45. The van der Waals surface area contributed by atoms with Crippen molar-refractivity contribution in [3.05, 3.63) is 34.6 Å². The van der Waals surface area contributed by atoms with Gasteiger partial charge >= 0.3 is 0 Å². The molecule has 0 aliphatic heterocycles. The predicted molar refractivity (Wildman–Crippen MR) is 62.0 cm³/mol. The van der Waals surface area contributed by atoms with E-state index in [0.717, 1.165) is 6.42 Å². The first-order valence-electron chi connectivity index (χ1n) is 5.35. The van der Waals surface area contributed by atoms with E-state index in [2.05, 4.69) is 0 Å². The smallest absolute Gasteiger partial charge is 0.142 e. The molecule has 90 valence electrons. The fourth-order valence-electron chi connectivity index (χ4n) is 1.56. The Morgan fingerprint density at radius 1 is 1.31 bits per heavy atom. The van der Waals surface area contributed by atoms with Crippen molar-refractivity contribution in [1.82, 2.24) is 0 Å². The summed E-state index contributed by atoms with van der Waals surface area (Å²) in [5.74, 6) is -0.503. The van der Waals surface area contributed by atoms with E-state index >= 15 is 0 Å². The molecule has 16 heavy (non-hydrogen) atoms. The lowest BCUT2D eigenvalue weighted by atomic mass is 10.0. The van der Waals surface area contributed by atoms with Crippen molar-refractivity contribution in [3.8, 4) is 0 Å². The summed E-state index contributed by atoms with van der Waals surface area (Å²) in [6.45, 7) is 1.92. The third-order valence-electron chi connectivity index (χ3n) is 2.49. The van der Waals surface area contributed by atoms with Crippen LogP contribution >= 0.6 is 11.6 Å². The molecule has 1 aromatic rings. The van der Waals surface area contributed by atoms with Crippen molar-refractivity contribution in [3.63, 3.8) is 0 Å². The normalized spacial score (nSPS) is 14.8. The second-order valence-corrected chi connectivity index (χ2v) is 4.22. The molecule has 0 aliphatic carbocycles. The van der Waals surface area contributed by atoms with Crippen molar-refractivity contribution in [1.29, 1.82) is 0 Å². The summed E-state index contributed by atoms with van der Waals surface area (Å²) >= 11 is 5.75. The van der Waals surface area contributed by atoms with Gasteiger partial charge in [0.1, 0.15) is 5.82 Å². The summed E-state index contributed by atoms with van der Waals surface area (Å²) in [4.78, 5) is 0. The van der Waals surface area contributed by atoms with Gasteiger partial charge in [0.2, 0.25) is 0 Å². The molecule has 2 unspecified atom stereocenters. The third-order valence-corrected chi connectivity index (χ3v) is 2.91. The van der Waals surface area contributed by atoms with Crippen molar-refractivity contribution < 1.29 is 14.6 Å². The van der Waals surface area contributed by atoms with Gasteiger partial charge in [-0.05, 0) is 18.1 Å². The van der Waals surface area contributed by atoms with Crippen LogP contribution in [0.5, 0.6) is 0 Å². The summed E-state index contributed by atoms with van der Waals surface area (Å²) in [7, 11) is 0. The number of rotatable bonds is 5.